The van der Waals surface area contributed by atoms with Crippen LogP contribution in [0.25, 0.3) is 66.8 Å². The van der Waals surface area contributed by atoms with Crippen molar-refractivity contribution in [1.29, 1.82) is 0 Å². The molecule has 3 aliphatic carbocycles. The Hall–Kier alpha value is -9.76. The summed E-state index contributed by atoms with van der Waals surface area (Å²) >= 11 is 0. The quantitative estimate of drug-likeness (QED) is 0.142. The van der Waals surface area contributed by atoms with E-state index in [4.69, 9.17) is 0 Å². The predicted octanol–water partition coefficient (Wildman–Crippen LogP) is 20.3. The third kappa shape index (κ3) is 6.83. The normalized spacial score (nSPS) is 14.7. The maximum absolute atomic E-state index is 2.58. The summed E-state index contributed by atoms with van der Waals surface area (Å²) in [7, 11) is 0. The van der Waals surface area contributed by atoms with E-state index in [-0.39, 0.29) is 5.41 Å². The molecule has 0 saturated heterocycles. The lowest BCUT2D eigenvalue weighted by molar-refractivity contribution is 0.660. The Morgan fingerprint density at radius 2 is 0.641 bits per heavy atom. The van der Waals surface area contributed by atoms with Crippen LogP contribution < -0.4 is 9.80 Å². The van der Waals surface area contributed by atoms with Gasteiger partial charge in [0.15, 0.2) is 0 Å². The Kier molecular flexibility index (Phi) is 10.5. The van der Waals surface area contributed by atoms with Gasteiger partial charge in [-0.15, -0.1) is 0 Å². The Bertz CT molecular complexity index is 4220. The SMILES string of the molecule is CC1(C)c2ccccc2-c2cc(N(c3ccccc3)c3ccc4c(c3)C3(c5ccccc5-4)c4ccccc4-c4c3cc(N(c3ccccc3)c3ccccc3)c(-c3ccccc3)c4-c3ccc(-c4ccccc4)cc3)ccc21. The van der Waals surface area contributed by atoms with Crippen LogP contribution in [-0.4, -0.2) is 0 Å². The summed E-state index contributed by atoms with van der Waals surface area (Å²) in [6.07, 6.45) is 0. The van der Waals surface area contributed by atoms with Crippen molar-refractivity contribution >= 4 is 34.1 Å². The van der Waals surface area contributed by atoms with Crippen LogP contribution in [0.4, 0.5) is 34.1 Å². The number of fused-ring (bicyclic) bond motifs is 13. The van der Waals surface area contributed by atoms with Gasteiger partial charge in [0.25, 0.3) is 0 Å². The maximum atomic E-state index is 2.58. The molecule has 0 amide bonds. The van der Waals surface area contributed by atoms with Crippen molar-refractivity contribution in [3.8, 4) is 66.8 Å². The van der Waals surface area contributed by atoms with E-state index < -0.39 is 5.41 Å². The largest absolute Gasteiger partial charge is 0.310 e. The van der Waals surface area contributed by atoms with Crippen LogP contribution in [0.2, 0.25) is 0 Å². The fourth-order valence-corrected chi connectivity index (χ4v) is 13.7. The van der Waals surface area contributed by atoms with Crippen LogP contribution in [0, 0.1) is 0 Å². The van der Waals surface area contributed by atoms with Gasteiger partial charge in [0.1, 0.15) is 0 Å². The molecule has 0 fully saturated rings. The number of para-hydroxylation sites is 3. The second-order valence-corrected chi connectivity index (χ2v) is 21.5. The fourth-order valence-electron chi connectivity index (χ4n) is 13.7. The summed E-state index contributed by atoms with van der Waals surface area (Å²) in [5.41, 5.74) is 28.4. The lowest BCUT2D eigenvalue weighted by Gasteiger charge is -2.35. The van der Waals surface area contributed by atoms with E-state index in [0.717, 1.165) is 45.3 Å². The van der Waals surface area contributed by atoms with Gasteiger partial charge < -0.3 is 9.80 Å². The Labute approximate surface area is 457 Å². The molecule has 0 N–H and O–H groups in total. The van der Waals surface area contributed by atoms with Gasteiger partial charge in [0, 0.05) is 39.4 Å². The van der Waals surface area contributed by atoms with Gasteiger partial charge in [-0.1, -0.05) is 238 Å². The third-order valence-corrected chi connectivity index (χ3v) is 17.1. The van der Waals surface area contributed by atoms with Crippen molar-refractivity contribution in [2.24, 2.45) is 0 Å². The molecule has 368 valence electrons. The molecule has 78 heavy (non-hydrogen) atoms. The van der Waals surface area contributed by atoms with Crippen LogP contribution in [0.15, 0.2) is 291 Å². The van der Waals surface area contributed by atoms with E-state index >= 15 is 0 Å². The first-order valence-electron chi connectivity index (χ1n) is 27.3. The van der Waals surface area contributed by atoms with Gasteiger partial charge in [-0.05, 0) is 161 Å². The van der Waals surface area contributed by atoms with Crippen LogP contribution >= 0.6 is 0 Å². The monoisotopic (exact) mass is 994 g/mol. The Morgan fingerprint density at radius 1 is 0.231 bits per heavy atom. The number of nitrogens with zero attached hydrogens (tertiary/aromatic N) is 2. The predicted molar refractivity (Wildman–Crippen MR) is 326 cm³/mol. The van der Waals surface area contributed by atoms with Crippen molar-refractivity contribution in [3.63, 3.8) is 0 Å². The summed E-state index contributed by atoms with van der Waals surface area (Å²) in [6.45, 7) is 4.72. The summed E-state index contributed by atoms with van der Waals surface area (Å²) in [4.78, 5) is 4.97. The van der Waals surface area contributed by atoms with Gasteiger partial charge >= 0.3 is 0 Å². The standard InChI is InChI=1S/C76H54N2/c1-75(2)65-37-21-18-35-61(65)64-48-58(45-47-66(64)75)77(55-28-12-5-13-29-55)59-44-46-62-60-34-19-22-38-67(60)76(69(62)49-59)68-39-23-20-36-63(68)74-70(76)50-71(78(56-30-14-6-15-31-56)57-32-16-7-17-33-57)72(53-26-10-4-11-27-53)73(74)54-42-40-52(41-43-54)51-24-8-3-9-25-51/h3-50H,1-2H3. The fraction of sp³-hybridized carbons (Fsp3) is 0.0526. The molecule has 0 saturated carbocycles. The second kappa shape index (κ2) is 17.9. The molecule has 0 aromatic heterocycles. The smallest absolute Gasteiger partial charge is 0.0727 e. The molecule has 1 unspecified atom stereocenters. The van der Waals surface area contributed by atoms with Crippen molar-refractivity contribution in [3.05, 3.63) is 325 Å². The van der Waals surface area contributed by atoms with E-state index in [1.165, 1.54) is 89.0 Å². The molecule has 0 aliphatic heterocycles. The number of hydrogen-bond donors (Lipinski definition) is 0. The average molecular weight is 995 g/mol. The molecule has 3 aliphatic rings. The molecule has 0 heterocycles. The molecule has 12 aromatic carbocycles. The highest BCUT2D eigenvalue weighted by Gasteiger charge is 2.53. The first-order valence-corrected chi connectivity index (χ1v) is 27.3. The topological polar surface area (TPSA) is 6.48 Å². The van der Waals surface area contributed by atoms with Crippen molar-refractivity contribution < 1.29 is 0 Å². The summed E-state index contributed by atoms with van der Waals surface area (Å²) in [5.74, 6) is 0. The number of rotatable bonds is 9. The zero-order valence-corrected chi connectivity index (χ0v) is 43.6. The highest BCUT2D eigenvalue weighted by Crippen LogP contribution is 2.67. The van der Waals surface area contributed by atoms with E-state index in [2.05, 4.69) is 315 Å². The van der Waals surface area contributed by atoms with Gasteiger partial charge in [-0.2, -0.15) is 0 Å². The minimum absolute atomic E-state index is 0.102. The molecule has 12 aromatic rings. The molecule has 1 spiro atoms. The first kappa shape index (κ1) is 45.6. The minimum atomic E-state index is -0.709. The van der Waals surface area contributed by atoms with E-state index in [1.54, 1.807) is 0 Å². The van der Waals surface area contributed by atoms with Gasteiger partial charge in [0.05, 0.1) is 11.1 Å². The molecule has 15 rings (SSSR count). The number of benzene rings is 12. The zero-order valence-electron chi connectivity index (χ0n) is 43.6. The summed E-state index contributed by atoms with van der Waals surface area (Å²) in [6, 6.07) is 108. The van der Waals surface area contributed by atoms with Crippen LogP contribution in [0.5, 0.6) is 0 Å². The molecule has 2 nitrogen and oxygen atoms in total. The lowest BCUT2D eigenvalue weighted by atomic mass is 9.69. The molecule has 2 heteroatoms. The highest BCUT2D eigenvalue weighted by atomic mass is 15.2. The zero-order chi connectivity index (χ0) is 52.0. The summed E-state index contributed by atoms with van der Waals surface area (Å²) in [5, 5.41) is 0. The van der Waals surface area contributed by atoms with E-state index in [9.17, 15) is 0 Å². The lowest BCUT2D eigenvalue weighted by Crippen LogP contribution is -2.27. The second-order valence-electron chi connectivity index (χ2n) is 21.5. The molecule has 1 atom stereocenters. The number of anilines is 6. The molecule has 0 radical (unpaired) electrons. The summed E-state index contributed by atoms with van der Waals surface area (Å²) < 4.78 is 0. The number of hydrogen-bond acceptors (Lipinski definition) is 2. The van der Waals surface area contributed by atoms with E-state index in [0.29, 0.717) is 0 Å². The van der Waals surface area contributed by atoms with Gasteiger partial charge in [-0.25, -0.2) is 0 Å². The average Bonchev–Trinajstić information content (AvgIpc) is 4.20. The first-order chi connectivity index (χ1) is 38.5. The third-order valence-electron chi connectivity index (χ3n) is 17.1. The molecular weight excluding hydrogens is 941 g/mol. The van der Waals surface area contributed by atoms with Crippen molar-refractivity contribution in [2.75, 3.05) is 9.80 Å². The maximum Gasteiger partial charge on any atom is 0.0727 e. The Balaban J connectivity index is 1.05. The minimum Gasteiger partial charge on any atom is -0.310 e. The van der Waals surface area contributed by atoms with E-state index in [1.807, 2.05) is 0 Å². The Morgan fingerprint density at radius 3 is 1.26 bits per heavy atom. The highest BCUT2D eigenvalue weighted by molar-refractivity contribution is 6.09. The van der Waals surface area contributed by atoms with Gasteiger partial charge in [-0.3, -0.25) is 0 Å². The molecule has 0 bridgehead atoms. The van der Waals surface area contributed by atoms with Crippen LogP contribution in [0.3, 0.4) is 0 Å². The van der Waals surface area contributed by atoms with Crippen molar-refractivity contribution in [1.82, 2.24) is 0 Å². The van der Waals surface area contributed by atoms with Crippen molar-refractivity contribution in [2.45, 2.75) is 24.7 Å². The molecular formula is C76H54N2. The van der Waals surface area contributed by atoms with Crippen LogP contribution in [0.1, 0.15) is 47.2 Å². The van der Waals surface area contributed by atoms with Gasteiger partial charge in [0.2, 0.25) is 0 Å². The van der Waals surface area contributed by atoms with Crippen LogP contribution in [-0.2, 0) is 10.8 Å².